The molecule has 0 spiro atoms. The minimum Gasteiger partial charge on any atom is -0.444 e. The minimum absolute atomic E-state index is 0.192. The Balaban J connectivity index is 3.30. The predicted molar refractivity (Wildman–Crippen MR) is 141 cm³/mol. The number of benzene rings is 1. The lowest BCUT2D eigenvalue weighted by Gasteiger charge is -2.34. The average molecular weight is 490 g/mol. The number of hydrogen-bond acceptors (Lipinski definition) is 4. The zero-order valence-corrected chi connectivity index (χ0v) is 23.1. The van der Waals surface area contributed by atoms with Crippen LogP contribution < -0.4 is 10.6 Å². The topological polar surface area (TPSA) is 87.7 Å². The maximum atomic E-state index is 13.7. The van der Waals surface area contributed by atoms with Crippen molar-refractivity contribution in [3.63, 3.8) is 0 Å². The zero-order valence-electron chi connectivity index (χ0n) is 23.1. The lowest BCUT2D eigenvalue weighted by molar-refractivity contribution is -0.142. The fourth-order valence-corrected chi connectivity index (χ4v) is 3.96. The standard InChI is InChI=1S/C28H47N3O4/c1-9-11-13-17-29-25(32)24(23-16-15-20(3)19-21(23)4)31(18-14-12-10-2)26(33)22(5)30-27(34)35-28(6,7)8/h15-16,19,22,24H,9-14,17-18H2,1-8H3,(H,29,32)(H,30,34). The van der Waals surface area contributed by atoms with Gasteiger partial charge in [0.05, 0.1) is 0 Å². The Bertz CT molecular complexity index is 832. The minimum atomic E-state index is -0.840. The number of unbranched alkanes of at least 4 members (excludes halogenated alkanes) is 4. The summed E-state index contributed by atoms with van der Waals surface area (Å²) >= 11 is 0. The fraction of sp³-hybridized carbons (Fsp3) is 0.679. The summed E-state index contributed by atoms with van der Waals surface area (Å²) in [5.41, 5.74) is 2.18. The van der Waals surface area contributed by atoms with Gasteiger partial charge >= 0.3 is 6.09 Å². The third-order valence-corrected chi connectivity index (χ3v) is 5.75. The Morgan fingerprint density at radius 2 is 1.63 bits per heavy atom. The van der Waals surface area contributed by atoms with Crippen molar-refractivity contribution in [2.24, 2.45) is 0 Å². The van der Waals surface area contributed by atoms with E-state index in [0.29, 0.717) is 13.1 Å². The second-order valence-electron chi connectivity index (χ2n) is 10.4. The highest BCUT2D eigenvalue weighted by molar-refractivity contribution is 5.92. The molecule has 0 aromatic heterocycles. The highest BCUT2D eigenvalue weighted by Crippen LogP contribution is 2.27. The first kappa shape index (κ1) is 30.5. The van der Waals surface area contributed by atoms with Crippen molar-refractivity contribution in [2.45, 2.75) is 112 Å². The number of alkyl carbamates (subject to hydrolysis) is 1. The van der Waals surface area contributed by atoms with Gasteiger partial charge in [-0.1, -0.05) is 63.3 Å². The number of aryl methyl sites for hydroxylation is 2. The third kappa shape index (κ3) is 10.7. The van der Waals surface area contributed by atoms with Crippen LogP contribution in [0.4, 0.5) is 4.79 Å². The van der Waals surface area contributed by atoms with Crippen molar-refractivity contribution < 1.29 is 19.1 Å². The Labute approximate surface area is 212 Å². The first-order valence-corrected chi connectivity index (χ1v) is 13.1. The van der Waals surface area contributed by atoms with Gasteiger partial charge in [-0.3, -0.25) is 9.59 Å². The number of amides is 3. The van der Waals surface area contributed by atoms with Gasteiger partial charge in [0.15, 0.2) is 0 Å². The second-order valence-corrected chi connectivity index (χ2v) is 10.4. The third-order valence-electron chi connectivity index (χ3n) is 5.75. The van der Waals surface area contributed by atoms with E-state index in [-0.39, 0.29) is 11.8 Å². The van der Waals surface area contributed by atoms with Crippen LogP contribution in [0.25, 0.3) is 0 Å². The number of hydrogen-bond donors (Lipinski definition) is 2. The molecule has 1 aromatic carbocycles. The van der Waals surface area contributed by atoms with Crippen LogP contribution in [0.1, 0.15) is 103 Å². The van der Waals surface area contributed by atoms with E-state index >= 15 is 0 Å². The molecular formula is C28H47N3O4. The van der Waals surface area contributed by atoms with Crippen LogP contribution in [0, 0.1) is 13.8 Å². The number of ether oxygens (including phenoxy) is 1. The molecule has 7 nitrogen and oxygen atoms in total. The molecule has 1 rings (SSSR count). The van der Waals surface area contributed by atoms with E-state index in [0.717, 1.165) is 55.2 Å². The predicted octanol–water partition coefficient (Wildman–Crippen LogP) is 5.58. The van der Waals surface area contributed by atoms with Crippen molar-refractivity contribution in [3.05, 3.63) is 34.9 Å². The fourth-order valence-electron chi connectivity index (χ4n) is 3.96. The maximum Gasteiger partial charge on any atom is 0.408 e. The first-order valence-electron chi connectivity index (χ1n) is 13.1. The normalized spacial score (nSPS) is 13.0. The van der Waals surface area contributed by atoms with E-state index in [9.17, 15) is 14.4 Å². The molecule has 0 saturated carbocycles. The second kappa shape index (κ2) is 14.7. The molecular weight excluding hydrogens is 442 g/mol. The molecule has 0 aliphatic rings. The van der Waals surface area contributed by atoms with Gasteiger partial charge in [0, 0.05) is 13.1 Å². The summed E-state index contributed by atoms with van der Waals surface area (Å²) in [5.74, 6) is -0.497. The summed E-state index contributed by atoms with van der Waals surface area (Å²) in [5, 5.41) is 5.70. The van der Waals surface area contributed by atoms with Crippen molar-refractivity contribution in [1.82, 2.24) is 15.5 Å². The van der Waals surface area contributed by atoms with Crippen LogP contribution in [0.5, 0.6) is 0 Å². The van der Waals surface area contributed by atoms with Gasteiger partial charge in [0.2, 0.25) is 11.8 Å². The molecule has 3 amide bonds. The summed E-state index contributed by atoms with van der Waals surface area (Å²) in [4.78, 5) is 41.2. The maximum absolute atomic E-state index is 13.7. The highest BCUT2D eigenvalue weighted by Gasteiger charge is 2.35. The first-order chi connectivity index (χ1) is 16.4. The van der Waals surface area contributed by atoms with Crippen LogP contribution >= 0.6 is 0 Å². The van der Waals surface area contributed by atoms with Crippen LogP contribution in [0.2, 0.25) is 0 Å². The molecule has 0 bridgehead atoms. The van der Waals surface area contributed by atoms with Crippen LogP contribution in [-0.2, 0) is 14.3 Å². The molecule has 0 fully saturated rings. The SMILES string of the molecule is CCCCCNC(=O)C(c1ccc(C)cc1C)N(CCCCC)C(=O)C(C)NC(=O)OC(C)(C)C. The number of nitrogens with zero attached hydrogens (tertiary/aromatic N) is 1. The van der Waals surface area contributed by atoms with Gasteiger partial charge in [-0.25, -0.2) is 4.79 Å². The molecule has 2 N–H and O–H groups in total. The molecule has 2 atom stereocenters. The Hall–Kier alpha value is -2.57. The Morgan fingerprint density at radius 3 is 2.20 bits per heavy atom. The Morgan fingerprint density at radius 1 is 1.00 bits per heavy atom. The van der Waals surface area contributed by atoms with Crippen LogP contribution in [0.15, 0.2) is 18.2 Å². The van der Waals surface area contributed by atoms with Crippen LogP contribution in [-0.4, -0.2) is 47.5 Å². The molecule has 198 valence electrons. The number of nitrogens with one attached hydrogen (secondary N) is 2. The van der Waals surface area contributed by atoms with Gasteiger partial charge < -0.3 is 20.3 Å². The van der Waals surface area contributed by atoms with Crippen molar-refractivity contribution in [2.75, 3.05) is 13.1 Å². The van der Waals surface area contributed by atoms with E-state index in [4.69, 9.17) is 4.74 Å². The van der Waals surface area contributed by atoms with E-state index in [2.05, 4.69) is 24.5 Å². The lowest BCUT2D eigenvalue weighted by atomic mass is 9.96. The van der Waals surface area contributed by atoms with Gasteiger partial charge in [0.25, 0.3) is 0 Å². The molecule has 35 heavy (non-hydrogen) atoms. The van der Waals surface area contributed by atoms with Crippen molar-refractivity contribution in [3.8, 4) is 0 Å². The summed E-state index contributed by atoms with van der Waals surface area (Å²) in [6, 6.07) is 4.32. The van der Waals surface area contributed by atoms with Crippen molar-refractivity contribution in [1.29, 1.82) is 0 Å². The van der Waals surface area contributed by atoms with Gasteiger partial charge in [-0.15, -0.1) is 0 Å². The van der Waals surface area contributed by atoms with Crippen molar-refractivity contribution >= 4 is 17.9 Å². The smallest absolute Gasteiger partial charge is 0.408 e. The van der Waals surface area contributed by atoms with Gasteiger partial charge in [-0.2, -0.15) is 0 Å². The molecule has 0 saturated heterocycles. The monoisotopic (exact) mass is 489 g/mol. The number of carbonyl (C=O) groups excluding carboxylic acids is 3. The van der Waals surface area contributed by atoms with Gasteiger partial charge in [-0.05, 0) is 65.5 Å². The van der Waals surface area contributed by atoms with Crippen LogP contribution in [0.3, 0.4) is 0 Å². The molecule has 2 unspecified atom stereocenters. The number of carbonyl (C=O) groups is 3. The summed E-state index contributed by atoms with van der Waals surface area (Å²) in [6.45, 7) is 16.1. The number of rotatable bonds is 13. The molecule has 0 aliphatic heterocycles. The van der Waals surface area contributed by atoms with Gasteiger partial charge in [0.1, 0.15) is 17.7 Å². The lowest BCUT2D eigenvalue weighted by Crippen LogP contribution is -2.52. The highest BCUT2D eigenvalue weighted by atomic mass is 16.6. The molecule has 0 aliphatic carbocycles. The molecule has 0 heterocycles. The van der Waals surface area contributed by atoms with E-state index in [1.165, 1.54) is 0 Å². The summed E-state index contributed by atoms with van der Waals surface area (Å²) < 4.78 is 5.34. The largest absolute Gasteiger partial charge is 0.444 e. The quantitative estimate of drug-likeness (QED) is 0.354. The molecule has 7 heteroatoms. The Kier molecular flexibility index (Phi) is 12.8. The molecule has 0 radical (unpaired) electrons. The zero-order chi connectivity index (χ0) is 26.6. The van der Waals surface area contributed by atoms with E-state index in [1.54, 1.807) is 32.6 Å². The summed E-state index contributed by atoms with van der Waals surface area (Å²) in [6.07, 6.45) is 5.03. The van der Waals surface area contributed by atoms with E-state index < -0.39 is 23.8 Å². The summed E-state index contributed by atoms with van der Waals surface area (Å²) in [7, 11) is 0. The molecule has 1 aromatic rings. The average Bonchev–Trinajstić information content (AvgIpc) is 2.75. The van der Waals surface area contributed by atoms with E-state index in [1.807, 2.05) is 32.0 Å².